The maximum Gasteiger partial charge on any atom is 0.250 e. The first kappa shape index (κ1) is 12.9. The third kappa shape index (κ3) is 3.07. The van der Waals surface area contributed by atoms with Gasteiger partial charge in [-0.25, -0.2) is 0 Å². The Kier molecular flexibility index (Phi) is 3.71. The second-order valence-corrected chi connectivity index (χ2v) is 5.94. The smallest absolute Gasteiger partial charge is 0.250 e. The van der Waals surface area contributed by atoms with Gasteiger partial charge in [0, 0.05) is 50.5 Å². The molecule has 1 saturated heterocycles. The Balaban J connectivity index is 1.63. The molecule has 1 N–H and O–H groups in total. The van der Waals surface area contributed by atoms with Crippen LogP contribution < -0.4 is 10.9 Å². The quantitative estimate of drug-likeness (QED) is 0.876. The summed E-state index contributed by atoms with van der Waals surface area (Å²) in [5, 5.41) is 3.58. The van der Waals surface area contributed by atoms with E-state index in [9.17, 15) is 4.79 Å². The predicted octanol–water partition coefficient (Wildman–Crippen LogP) is 0.921. The van der Waals surface area contributed by atoms with E-state index in [1.807, 2.05) is 16.8 Å². The highest BCUT2D eigenvalue weighted by atomic mass is 16.1. The van der Waals surface area contributed by atoms with E-state index in [0.717, 1.165) is 32.1 Å². The maximum atomic E-state index is 11.7. The van der Waals surface area contributed by atoms with Crippen molar-refractivity contribution in [2.45, 2.75) is 38.4 Å². The minimum atomic E-state index is 0.105. The van der Waals surface area contributed by atoms with Crippen LogP contribution in [0.15, 0.2) is 29.2 Å². The summed E-state index contributed by atoms with van der Waals surface area (Å²) in [5.41, 5.74) is 0.105. The van der Waals surface area contributed by atoms with Gasteiger partial charge >= 0.3 is 0 Å². The molecule has 1 saturated carbocycles. The molecule has 19 heavy (non-hydrogen) atoms. The number of hydrogen-bond acceptors (Lipinski definition) is 3. The minimum Gasteiger partial charge on any atom is -0.314 e. The van der Waals surface area contributed by atoms with Crippen LogP contribution in [0.5, 0.6) is 0 Å². The maximum absolute atomic E-state index is 11.7. The van der Waals surface area contributed by atoms with Gasteiger partial charge in [0.05, 0.1) is 0 Å². The van der Waals surface area contributed by atoms with Crippen molar-refractivity contribution >= 4 is 0 Å². The van der Waals surface area contributed by atoms with E-state index >= 15 is 0 Å². The lowest BCUT2D eigenvalue weighted by molar-refractivity contribution is 0.115. The van der Waals surface area contributed by atoms with Crippen molar-refractivity contribution in [3.05, 3.63) is 34.7 Å². The van der Waals surface area contributed by atoms with Crippen LogP contribution in [0.2, 0.25) is 0 Å². The number of aromatic nitrogens is 1. The van der Waals surface area contributed by atoms with Crippen molar-refractivity contribution in [1.29, 1.82) is 0 Å². The second-order valence-electron chi connectivity index (χ2n) is 5.94. The van der Waals surface area contributed by atoms with E-state index in [2.05, 4.69) is 17.1 Å². The fourth-order valence-corrected chi connectivity index (χ4v) is 3.09. The third-order valence-corrected chi connectivity index (χ3v) is 4.35. The number of piperazine rings is 1. The molecule has 1 aliphatic heterocycles. The third-order valence-electron chi connectivity index (χ3n) is 4.35. The average Bonchev–Trinajstić information content (AvgIpc) is 3.22. The van der Waals surface area contributed by atoms with Gasteiger partial charge in [0.25, 0.3) is 5.56 Å². The molecule has 1 aromatic heterocycles. The molecule has 2 atom stereocenters. The van der Waals surface area contributed by atoms with Crippen molar-refractivity contribution in [1.82, 2.24) is 14.8 Å². The van der Waals surface area contributed by atoms with Crippen molar-refractivity contribution < 1.29 is 0 Å². The van der Waals surface area contributed by atoms with Gasteiger partial charge in [-0.3, -0.25) is 9.69 Å². The normalized spacial score (nSPS) is 28.5. The SMILES string of the molecule is CC1CN(CCn2ccccc2=O)C(C2CC2)CN1. The fourth-order valence-electron chi connectivity index (χ4n) is 3.09. The Morgan fingerprint density at radius 3 is 2.89 bits per heavy atom. The number of nitrogens with one attached hydrogen (secondary N) is 1. The van der Waals surface area contributed by atoms with Crippen LogP contribution in [-0.4, -0.2) is 41.2 Å². The molecule has 2 aliphatic rings. The highest BCUT2D eigenvalue weighted by molar-refractivity contribution is 4.96. The van der Waals surface area contributed by atoms with Gasteiger partial charge in [-0.15, -0.1) is 0 Å². The molecule has 0 amide bonds. The molecule has 2 fully saturated rings. The summed E-state index contributed by atoms with van der Waals surface area (Å²) >= 11 is 0. The standard InChI is InChI=1S/C15H23N3O/c1-12-11-18(14(10-16-12)13-5-6-13)9-8-17-7-3-2-4-15(17)19/h2-4,7,12-14,16H,5-6,8-11H2,1H3. The Morgan fingerprint density at radius 2 is 2.16 bits per heavy atom. The van der Waals surface area contributed by atoms with E-state index in [1.54, 1.807) is 12.1 Å². The summed E-state index contributed by atoms with van der Waals surface area (Å²) < 4.78 is 1.82. The lowest BCUT2D eigenvalue weighted by Crippen LogP contribution is -2.57. The average molecular weight is 261 g/mol. The molecule has 2 unspecified atom stereocenters. The highest BCUT2D eigenvalue weighted by Gasteiger charge is 2.37. The van der Waals surface area contributed by atoms with E-state index < -0.39 is 0 Å². The Morgan fingerprint density at radius 1 is 1.32 bits per heavy atom. The van der Waals surface area contributed by atoms with E-state index in [0.29, 0.717) is 12.1 Å². The van der Waals surface area contributed by atoms with Crippen LogP contribution in [0.25, 0.3) is 0 Å². The topological polar surface area (TPSA) is 37.3 Å². The predicted molar refractivity (Wildman–Crippen MR) is 76.3 cm³/mol. The number of hydrogen-bond donors (Lipinski definition) is 1. The van der Waals surface area contributed by atoms with Gasteiger partial charge in [-0.1, -0.05) is 6.07 Å². The zero-order valence-electron chi connectivity index (χ0n) is 11.6. The van der Waals surface area contributed by atoms with E-state index in [-0.39, 0.29) is 5.56 Å². The number of pyridine rings is 1. The summed E-state index contributed by atoms with van der Waals surface area (Å²) in [5.74, 6) is 0.882. The monoisotopic (exact) mass is 261 g/mol. The summed E-state index contributed by atoms with van der Waals surface area (Å²) in [6.45, 7) is 6.23. The molecule has 1 aliphatic carbocycles. The molecular weight excluding hydrogens is 238 g/mol. The summed E-state index contributed by atoms with van der Waals surface area (Å²) in [6.07, 6.45) is 4.64. The van der Waals surface area contributed by atoms with Gasteiger partial charge < -0.3 is 9.88 Å². The van der Waals surface area contributed by atoms with E-state index in [4.69, 9.17) is 0 Å². The molecule has 0 aromatic carbocycles. The molecule has 2 heterocycles. The molecule has 4 nitrogen and oxygen atoms in total. The molecule has 0 bridgehead atoms. The second kappa shape index (κ2) is 5.47. The minimum absolute atomic E-state index is 0.105. The van der Waals surface area contributed by atoms with E-state index in [1.165, 1.54) is 12.8 Å². The van der Waals surface area contributed by atoms with Crippen molar-refractivity contribution in [3.8, 4) is 0 Å². The largest absolute Gasteiger partial charge is 0.314 e. The highest BCUT2D eigenvalue weighted by Crippen LogP contribution is 2.36. The zero-order chi connectivity index (χ0) is 13.2. The van der Waals surface area contributed by atoms with Crippen LogP contribution in [-0.2, 0) is 6.54 Å². The van der Waals surface area contributed by atoms with Crippen LogP contribution >= 0.6 is 0 Å². The van der Waals surface area contributed by atoms with Gasteiger partial charge in [0.2, 0.25) is 0 Å². The van der Waals surface area contributed by atoms with Gasteiger partial charge in [0.1, 0.15) is 0 Å². The number of nitrogens with zero attached hydrogens (tertiary/aromatic N) is 2. The lowest BCUT2D eigenvalue weighted by atomic mass is 10.1. The van der Waals surface area contributed by atoms with Crippen molar-refractivity contribution in [2.75, 3.05) is 19.6 Å². The van der Waals surface area contributed by atoms with Gasteiger partial charge in [0.15, 0.2) is 0 Å². The number of rotatable bonds is 4. The van der Waals surface area contributed by atoms with Crippen LogP contribution in [0.1, 0.15) is 19.8 Å². The summed E-state index contributed by atoms with van der Waals surface area (Å²) in [6, 6.07) is 6.61. The van der Waals surface area contributed by atoms with Crippen LogP contribution in [0, 0.1) is 5.92 Å². The molecular formula is C15H23N3O. The first-order valence-electron chi connectivity index (χ1n) is 7.37. The summed E-state index contributed by atoms with van der Waals surface area (Å²) in [7, 11) is 0. The first-order chi connectivity index (χ1) is 9.24. The lowest BCUT2D eigenvalue weighted by Gasteiger charge is -2.39. The van der Waals surface area contributed by atoms with Crippen molar-refractivity contribution in [3.63, 3.8) is 0 Å². The molecule has 1 aromatic rings. The van der Waals surface area contributed by atoms with Gasteiger partial charge in [-0.05, 0) is 31.7 Å². The zero-order valence-corrected chi connectivity index (χ0v) is 11.6. The Labute approximate surface area is 114 Å². The first-order valence-corrected chi connectivity index (χ1v) is 7.37. The molecule has 0 radical (unpaired) electrons. The molecule has 4 heteroatoms. The summed E-state index contributed by atoms with van der Waals surface area (Å²) in [4.78, 5) is 14.3. The Hall–Kier alpha value is -1.13. The molecule has 104 valence electrons. The van der Waals surface area contributed by atoms with Crippen LogP contribution in [0.4, 0.5) is 0 Å². The molecule has 3 rings (SSSR count). The van der Waals surface area contributed by atoms with Crippen molar-refractivity contribution in [2.24, 2.45) is 5.92 Å². The fraction of sp³-hybridized carbons (Fsp3) is 0.667. The van der Waals surface area contributed by atoms with Crippen LogP contribution in [0.3, 0.4) is 0 Å². The van der Waals surface area contributed by atoms with Gasteiger partial charge in [-0.2, -0.15) is 0 Å². The molecule has 0 spiro atoms. The Bertz CT molecular complexity index is 480.